The second-order valence-electron chi connectivity index (χ2n) is 7.86. The van der Waals surface area contributed by atoms with Gasteiger partial charge >= 0.3 is 0 Å². The van der Waals surface area contributed by atoms with Gasteiger partial charge in [0, 0.05) is 57.4 Å². The Morgan fingerprint density at radius 3 is 2.79 bits per heavy atom. The fourth-order valence-electron chi connectivity index (χ4n) is 4.34. The summed E-state index contributed by atoms with van der Waals surface area (Å²) in [6.45, 7) is 4.77. The molecule has 0 amide bonds. The van der Waals surface area contributed by atoms with Crippen LogP contribution in [-0.2, 0) is 26.4 Å². The number of hydrogen-bond donors (Lipinski definition) is 0. The Labute approximate surface area is 163 Å². The van der Waals surface area contributed by atoms with Gasteiger partial charge in [0.2, 0.25) is 0 Å². The first kappa shape index (κ1) is 17.4. The van der Waals surface area contributed by atoms with Gasteiger partial charge in [0.05, 0.1) is 17.2 Å². The van der Waals surface area contributed by atoms with Gasteiger partial charge in [-0.3, -0.25) is 9.69 Å². The summed E-state index contributed by atoms with van der Waals surface area (Å²) in [4.78, 5) is 21.4. The number of benzene rings is 1. The van der Waals surface area contributed by atoms with Crippen molar-refractivity contribution in [1.29, 1.82) is 0 Å². The summed E-state index contributed by atoms with van der Waals surface area (Å²) < 4.78 is 7.07. The molecule has 2 aromatic heterocycles. The van der Waals surface area contributed by atoms with Crippen molar-refractivity contribution >= 4 is 16.6 Å². The molecule has 3 aromatic rings. The van der Waals surface area contributed by atoms with Crippen LogP contribution in [0.25, 0.3) is 10.9 Å². The molecule has 1 aromatic carbocycles. The monoisotopic (exact) mass is 379 g/mol. The van der Waals surface area contributed by atoms with Crippen molar-refractivity contribution in [3.63, 3.8) is 0 Å². The normalized spacial score (nSPS) is 17.8. The highest BCUT2D eigenvalue weighted by Crippen LogP contribution is 2.26. The van der Waals surface area contributed by atoms with Crippen LogP contribution in [0.15, 0.2) is 33.8 Å². The van der Waals surface area contributed by atoms with Crippen LogP contribution in [0.2, 0.25) is 0 Å². The molecular weight excluding hydrogens is 354 g/mol. The molecule has 1 fully saturated rings. The SMILES string of the molecule is Cn1cnc2cc(N3CCN(Cc4noc5c4CCCC5)CC3)ccc2c1=O. The lowest BCUT2D eigenvalue weighted by Crippen LogP contribution is -2.46. The number of nitrogens with zero attached hydrogens (tertiary/aromatic N) is 5. The summed E-state index contributed by atoms with van der Waals surface area (Å²) in [6.07, 6.45) is 6.19. The van der Waals surface area contributed by atoms with E-state index < -0.39 is 0 Å². The van der Waals surface area contributed by atoms with Crippen molar-refractivity contribution in [1.82, 2.24) is 19.6 Å². The van der Waals surface area contributed by atoms with E-state index in [1.165, 1.54) is 23.0 Å². The minimum absolute atomic E-state index is 0.00249. The van der Waals surface area contributed by atoms with Crippen molar-refractivity contribution in [2.45, 2.75) is 32.2 Å². The minimum atomic E-state index is -0.00249. The summed E-state index contributed by atoms with van der Waals surface area (Å²) >= 11 is 0. The molecule has 0 saturated carbocycles. The van der Waals surface area contributed by atoms with Crippen LogP contribution in [0.4, 0.5) is 5.69 Å². The van der Waals surface area contributed by atoms with Crippen LogP contribution in [0.1, 0.15) is 29.9 Å². The summed E-state index contributed by atoms with van der Waals surface area (Å²) in [5, 5.41) is 5.02. The van der Waals surface area contributed by atoms with E-state index in [9.17, 15) is 4.79 Å². The second kappa shape index (κ2) is 7.05. The Balaban J connectivity index is 1.27. The van der Waals surface area contributed by atoms with Crippen molar-refractivity contribution in [2.75, 3.05) is 31.1 Å². The number of rotatable bonds is 3. The molecule has 7 nitrogen and oxygen atoms in total. The van der Waals surface area contributed by atoms with Crippen LogP contribution < -0.4 is 10.5 Å². The van der Waals surface area contributed by atoms with Gasteiger partial charge in [-0.05, 0) is 37.5 Å². The van der Waals surface area contributed by atoms with E-state index in [0.29, 0.717) is 5.39 Å². The topological polar surface area (TPSA) is 67.4 Å². The third kappa shape index (κ3) is 3.09. The van der Waals surface area contributed by atoms with E-state index in [1.54, 1.807) is 13.4 Å². The molecule has 7 heteroatoms. The van der Waals surface area contributed by atoms with Crippen molar-refractivity contribution in [3.8, 4) is 0 Å². The number of aromatic nitrogens is 3. The predicted octanol–water partition coefficient (Wildman–Crippen LogP) is 2.12. The molecule has 5 rings (SSSR count). The lowest BCUT2D eigenvalue weighted by Gasteiger charge is -2.36. The maximum absolute atomic E-state index is 12.2. The molecule has 146 valence electrons. The Hall–Kier alpha value is -2.67. The highest BCUT2D eigenvalue weighted by molar-refractivity contribution is 5.81. The largest absolute Gasteiger partial charge is 0.369 e. The molecule has 1 aliphatic carbocycles. The number of anilines is 1. The lowest BCUT2D eigenvalue weighted by molar-refractivity contribution is 0.241. The summed E-state index contributed by atoms with van der Waals surface area (Å²) in [6, 6.07) is 5.96. The first-order valence-corrected chi connectivity index (χ1v) is 10.1. The Morgan fingerprint density at radius 2 is 1.93 bits per heavy atom. The average molecular weight is 379 g/mol. The third-order valence-corrected chi connectivity index (χ3v) is 6.04. The maximum Gasteiger partial charge on any atom is 0.260 e. The van der Waals surface area contributed by atoms with Gasteiger partial charge in [-0.2, -0.15) is 0 Å². The Bertz CT molecular complexity index is 1060. The molecule has 0 bridgehead atoms. The number of piperazine rings is 1. The maximum atomic E-state index is 12.2. The molecule has 0 atom stereocenters. The molecular formula is C21H25N5O2. The second-order valence-corrected chi connectivity index (χ2v) is 7.86. The summed E-state index contributed by atoms with van der Waals surface area (Å²) in [5.41, 5.74) is 4.38. The quantitative estimate of drug-likeness (QED) is 0.694. The van der Waals surface area contributed by atoms with E-state index in [1.807, 2.05) is 18.2 Å². The van der Waals surface area contributed by atoms with Gasteiger partial charge < -0.3 is 14.0 Å². The zero-order chi connectivity index (χ0) is 19.1. The zero-order valence-corrected chi connectivity index (χ0v) is 16.2. The molecule has 0 N–H and O–H groups in total. The van der Waals surface area contributed by atoms with Crippen molar-refractivity contribution < 1.29 is 4.52 Å². The van der Waals surface area contributed by atoms with Gasteiger partial charge in [-0.1, -0.05) is 5.16 Å². The van der Waals surface area contributed by atoms with E-state index in [4.69, 9.17) is 4.52 Å². The van der Waals surface area contributed by atoms with Crippen LogP contribution in [0, 0.1) is 0 Å². The van der Waals surface area contributed by atoms with Gasteiger partial charge in [0.1, 0.15) is 11.5 Å². The van der Waals surface area contributed by atoms with E-state index in [-0.39, 0.29) is 5.56 Å². The first-order valence-electron chi connectivity index (χ1n) is 10.1. The van der Waals surface area contributed by atoms with E-state index in [0.717, 1.165) is 68.2 Å². The minimum Gasteiger partial charge on any atom is -0.369 e. The smallest absolute Gasteiger partial charge is 0.260 e. The molecule has 3 heterocycles. The van der Waals surface area contributed by atoms with Gasteiger partial charge in [0.15, 0.2) is 0 Å². The molecule has 0 radical (unpaired) electrons. The number of aryl methyl sites for hydroxylation is 2. The molecule has 1 saturated heterocycles. The highest BCUT2D eigenvalue weighted by Gasteiger charge is 2.23. The van der Waals surface area contributed by atoms with Crippen molar-refractivity contribution in [3.05, 3.63) is 51.9 Å². The van der Waals surface area contributed by atoms with Gasteiger partial charge in [0.25, 0.3) is 5.56 Å². The molecule has 2 aliphatic rings. The number of fused-ring (bicyclic) bond motifs is 2. The lowest BCUT2D eigenvalue weighted by atomic mass is 9.96. The van der Waals surface area contributed by atoms with Crippen LogP contribution >= 0.6 is 0 Å². The molecule has 0 spiro atoms. The Morgan fingerprint density at radius 1 is 1.11 bits per heavy atom. The van der Waals surface area contributed by atoms with Crippen LogP contribution in [-0.4, -0.2) is 45.8 Å². The predicted molar refractivity (Wildman–Crippen MR) is 108 cm³/mol. The average Bonchev–Trinajstić information content (AvgIpc) is 3.14. The zero-order valence-electron chi connectivity index (χ0n) is 16.2. The third-order valence-electron chi connectivity index (χ3n) is 6.04. The van der Waals surface area contributed by atoms with Gasteiger partial charge in [-0.25, -0.2) is 4.98 Å². The molecule has 28 heavy (non-hydrogen) atoms. The standard InChI is InChI=1S/C21H25N5O2/c1-24-14-22-18-12-15(6-7-17(18)21(24)27)26-10-8-25(9-11-26)13-19-16-4-2-3-5-20(16)28-23-19/h6-7,12,14H,2-5,8-11,13H2,1H3. The summed E-state index contributed by atoms with van der Waals surface area (Å²) in [7, 11) is 1.73. The first-order chi connectivity index (χ1) is 13.7. The number of hydrogen-bond acceptors (Lipinski definition) is 6. The van der Waals surface area contributed by atoms with E-state index in [2.05, 4.69) is 19.9 Å². The Kier molecular flexibility index (Phi) is 4.39. The molecule has 1 aliphatic heterocycles. The van der Waals surface area contributed by atoms with E-state index >= 15 is 0 Å². The molecule has 0 unspecified atom stereocenters. The fraction of sp³-hybridized carbons (Fsp3) is 0.476. The van der Waals surface area contributed by atoms with Crippen molar-refractivity contribution in [2.24, 2.45) is 7.05 Å². The van der Waals surface area contributed by atoms with Gasteiger partial charge in [-0.15, -0.1) is 0 Å². The summed E-state index contributed by atoms with van der Waals surface area (Å²) in [5.74, 6) is 1.11. The van der Waals surface area contributed by atoms with Crippen LogP contribution in [0.5, 0.6) is 0 Å². The van der Waals surface area contributed by atoms with Crippen LogP contribution in [0.3, 0.4) is 0 Å². The fourth-order valence-corrected chi connectivity index (χ4v) is 4.34. The highest BCUT2D eigenvalue weighted by atomic mass is 16.5.